The second-order valence-electron chi connectivity index (χ2n) is 4.76. The first-order chi connectivity index (χ1) is 8.79. The van der Waals surface area contributed by atoms with Crippen LogP contribution in [0.1, 0.15) is 63.4 Å². The molecular weight excluding hydrogens is 242 g/mol. The molecule has 0 heterocycles. The molecule has 1 aromatic rings. The Balaban J connectivity index is 2.35. The smallest absolute Gasteiger partial charge is 0.0727 e. The monoisotopic (exact) mass is 263 g/mol. The molecule has 1 atom stereocenters. The predicted molar refractivity (Wildman–Crippen MR) is 77.8 cm³/mol. The van der Waals surface area contributed by atoms with Gasteiger partial charge in [0.2, 0.25) is 0 Å². The molecule has 0 bridgehead atoms. The summed E-state index contributed by atoms with van der Waals surface area (Å²) in [6, 6.07) is 10.1. The number of rotatable bonds is 8. The summed E-state index contributed by atoms with van der Waals surface area (Å²) in [6.07, 6.45) is 8.48. The van der Waals surface area contributed by atoms with Gasteiger partial charge in [-0.3, -0.25) is 0 Å². The number of hydrogen-bond acceptors (Lipinski definition) is 1. The molecule has 0 aromatic heterocycles. The number of nitrogens with zero attached hydrogens (tertiary/aromatic N) is 1. The molecule has 98 valence electrons. The van der Waals surface area contributed by atoms with E-state index in [1.54, 1.807) is 0 Å². The number of nitriles is 1. The van der Waals surface area contributed by atoms with E-state index in [0.29, 0.717) is 0 Å². The Morgan fingerprint density at radius 1 is 1.11 bits per heavy atom. The SMILES string of the molecule is CCCCCCCC[C@@H](C#N)c1ccccc1Cl. The number of hydrogen-bond donors (Lipinski definition) is 0. The molecule has 0 radical (unpaired) electrons. The lowest BCUT2D eigenvalue weighted by Crippen LogP contribution is -1.97. The fourth-order valence-corrected chi connectivity index (χ4v) is 2.44. The van der Waals surface area contributed by atoms with Crippen LogP contribution in [0.25, 0.3) is 0 Å². The zero-order valence-electron chi connectivity index (χ0n) is 11.2. The quantitative estimate of drug-likeness (QED) is 0.552. The summed E-state index contributed by atoms with van der Waals surface area (Å²) in [6.45, 7) is 2.23. The number of benzene rings is 1. The molecule has 1 rings (SSSR count). The molecule has 1 nitrogen and oxygen atoms in total. The van der Waals surface area contributed by atoms with E-state index in [1.165, 1.54) is 32.1 Å². The first-order valence-corrected chi connectivity index (χ1v) is 7.31. The van der Waals surface area contributed by atoms with Gasteiger partial charge in [-0.1, -0.05) is 75.2 Å². The summed E-state index contributed by atoms with van der Waals surface area (Å²) < 4.78 is 0. The summed E-state index contributed by atoms with van der Waals surface area (Å²) in [5.41, 5.74) is 0.982. The summed E-state index contributed by atoms with van der Waals surface area (Å²) >= 11 is 6.13. The van der Waals surface area contributed by atoms with Gasteiger partial charge in [-0.05, 0) is 18.1 Å². The fraction of sp³-hybridized carbons (Fsp3) is 0.562. The van der Waals surface area contributed by atoms with E-state index in [-0.39, 0.29) is 5.92 Å². The molecule has 18 heavy (non-hydrogen) atoms. The Labute approximate surface area is 116 Å². The third-order valence-corrected chi connectivity index (χ3v) is 3.63. The van der Waals surface area contributed by atoms with Crippen molar-refractivity contribution in [3.63, 3.8) is 0 Å². The highest BCUT2D eigenvalue weighted by Gasteiger charge is 2.12. The van der Waals surface area contributed by atoms with Crippen LogP contribution in [0, 0.1) is 11.3 Å². The maximum Gasteiger partial charge on any atom is 0.0727 e. The lowest BCUT2D eigenvalue weighted by molar-refractivity contribution is 0.575. The molecule has 0 aliphatic carbocycles. The minimum absolute atomic E-state index is 0.0510. The van der Waals surface area contributed by atoms with Crippen molar-refractivity contribution < 1.29 is 0 Å². The maximum absolute atomic E-state index is 9.24. The van der Waals surface area contributed by atoms with Crippen molar-refractivity contribution in [2.75, 3.05) is 0 Å². The molecule has 0 saturated carbocycles. The van der Waals surface area contributed by atoms with Crippen molar-refractivity contribution in [2.24, 2.45) is 0 Å². The van der Waals surface area contributed by atoms with Crippen LogP contribution in [-0.2, 0) is 0 Å². The largest absolute Gasteiger partial charge is 0.198 e. The zero-order chi connectivity index (χ0) is 13.2. The molecule has 0 N–H and O–H groups in total. The minimum Gasteiger partial charge on any atom is -0.198 e. The standard InChI is InChI=1S/C16H22ClN/c1-2-3-4-5-6-7-10-14(13-18)15-11-8-9-12-16(15)17/h8-9,11-12,14H,2-7,10H2,1H3/t14-/m0/s1. The molecule has 1 aromatic carbocycles. The normalized spacial score (nSPS) is 12.1. The van der Waals surface area contributed by atoms with Gasteiger partial charge >= 0.3 is 0 Å². The molecule has 0 fully saturated rings. The van der Waals surface area contributed by atoms with E-state index in [4.69, 9.17) is 11.6 Å². The molecule has 2 heteroatoms. The third-order valence-electron chi connectivity index (χ3n) is 3.28. The van der Waals surface area contributed by atoms with Gasteiger partial charge in [0.15, 0.2) is 0 Å². The molecule has 0 amide bonds. The molecule has 0 aliphatic heterocycles. The zero-order valence-corrected chi connectivity index (χ0v) is 11.9. The highest BCUT2D eigenvalue weighted by molar-refractivity contribution is 6.31. The first-order valence-electron chi connectivity index (χ1n) is 6.93. The summed E-state index contributed by atoms with van der Waals surface area (Å²) in [5.74, 6) is -0.0510. The van der Waals surface area contributed by atoms with Gasteiger partial charge < -0.3 is 0 Å². The van der Waals surface area contributed by atoms with Crippen LogP contribution in [0.3, 0.4) is 0 Å². The van der Waals surface area contributed by atoms with E-state index in [9.17, 15) is 5.26 Å². The van der Waals surface area contributed by atoms with Crippen LogP contribution in [0.2, 0.25) is 5.02 Å². The van der Waals surface area contributed by atoms with Gasteiger partial charge in [0.1, 0.15) is 0 Å². The van der Waals surface area contributed by atoms with E-state index in [2.05, 4.69) is 13.0 Å². The van der Waals surface area contributed by atoms with E-state index in [0.717, 1.165) is 23.4 Å². The lowest BCUT2D eigenvalue weighted by atomic mass is 9.94. The number of halogens is 1. The lowest BCUT2D eigenvalue weighted by Gasteiger charge is -2.10. The molecule has 0 spiro atoms. The Morgan fingerprint density at radius 2 is 1.78 bits per heavy atom. The van der Waals surface area contributed by atoms with Crippen LogP contribution in [0.4, 0.5) is 0 Å². The topological polar surface area (TPSA) is 23.8 Å². The average molecular weight is 264 g/mol. The van der Waals surface area contributed by atoms with Crippen LogP contribution in [0.5, 0.6) is 0 Å². The fourth-order valence-electron chi connectivity index (χ4n) is 2.18. The minimum atomic E-state index is -0.0510. The highest BCUT2D eigenvalue weighted by atomic mass is 35.5. The van der Waals surface area contributed by atoms with E-state index in [1.807, 2.05) is 24.3 Å². The van der Waals surface area contributed by atoms with Crippen LogP contribution >= 0.6 is 11.6 Å². The number of unbranched alkanes of at least 4 members (excludes halogenated alkanes) is 5. The second-order valence-corrected chi connectivity index (χ2v) is 5.17. The van der Waals surface area contributed by atoms with Gasteiger partial charge in [-0.2, -0.15) is 5.26 Å². The van der Waals surface area contributed by atoms with Crippen molar-refractivity contribution >= 4 is 11.6 Å². The van der Waals surface area contributed by atoms with E-state index < -0.39 is 0 Å². The predicted octanol–water partition coefficient (Wildman–Crippen LogP) is 5.70. The van der Waals surface area contributed by atoms with Gasteiger partial charge in [0, 0.05) is 5.02 Å². The van der Waals surface area contributed by atoms with Crippen molar-refractivity contribution in [3.05, 3.63) is 34.9 Å². The summed E-state index contributed by atoms with van der Waals surface area (Å²) in [4.78, 5) is 0. The van der Waals surface area contributed by atoms with Crippen LogP contribution in [-0.4, -0.2) is 0 Å². The molecule has 0 saturated heterocycles. The van der Waals surface area contributed by atoms with Crippen molar-refractivity contribution in [2.45, 2.75) is 57.8 Å². The Morgan fingerprint density at radius 3 is 2.44 bits per heavy atom. The van der Waals surface area contributed by atoms with Gasteiger partial charge in [0.05, 0.1) is 12.0 Å². The van der Waals surface area contributed by atoms with Gasteiger partial charge in [-0.25, -0.2) is 0 Å². The van der Waals surface area contributed by atoms with Crippen molar-refractivity contribution in [1.82, 2.24) is 0 Å². The van der Waals surface area contributed by atoms with Crippen LogP contribution < -0.4 is 0 Å². The van der Waals surface area contributed by atoms with Crippen LogP contribution in [0.15, 0.2) is 24.3 Å². The van der Waals surface area contributed by atoms with Gasteiger partial charge in [-0.15, -0.1) is 0 Å². The first kappa shape index (κ1) is 15.1. The van der Waals surface area contributed by atoms with E-state index >= 15 is 0 Å². The summed E-state index contributed by atoms with van der Waals surface area (Å²) in [7, 11) is 0. The van der Waals surface area contributed by atoms with Gasteiger partial charge in [0.25, 0.3) is 0 Å². The Kier molecular flexibility index (Phi) is 7.53. The molecule has 0 unspecified atom stereocenters. The van der Waals surface area contributed by atoms with Crippen molar-refractivity contribution in [1.29, 1.82) is 5.26 Å². The third kappa shape index (κ3) is 5.10. The maximum atomic E-state index is 9.24. The Hall–Kier alpha value is -1.00. The molecular formula is C16H22ClN. The van der Waals surface area contributed by atoms with Crippen molar-refractivity contribution in [3.8, 4) is 6.07 Å². The second kappa shape index (κ2) is 9.00. The highest BCUT2D eigenvalue weighted by Crippen LogP contribution is 2.28. The molecule has 0 aliphatic rings. The summed E-state index contributed by atoms with van der Waals surface area (Å²) in [5, 5.41) is 9.95. The average Bonchev–Trinajstić information content (AvgIpc) is 2.39. The Bertz CT molecular complexity index is 381.